The monoisotopic (exact) mass is 384 g/mol. The molecule has 4 unspecified atom stereocenters. The Hall–Kier alpha value is -1.88. The van der Waals surface area contributed by atoms with Gasteiger partial charge in [-0.05, 0) is 75.1 Å². The first-order valence-corrected chi connectivity index (χ1v) is 11.0. The van der Waals surface area contributed by atoms with Crippen LogP contribution in [0.25, 0.3) is 10.6 Å². The highest BCUT2D eigenvalue weighted by Crippen LogP contribution is 2.49. The molecule has 2 fully saturated rings. The number of carbonyl (C=O) groups is 1. The minimum atomic E-state index is 0.0915. The van der Waals surface area contributed by atoms with Gasteiger partial charge in [-0.1, -0.05) is 6.42 Å². The standard InChI is InChI=1S/C22H28N2O2S/c1-3-26-19-8-6-16(7-9-19)22-24-18(13-27-22)12-21(25)23-14(2)20-11-15-4-5-17(20)10-15/h6-9,13-15,17,20H,3-5,10-12H2,1-2H3,(H,23,25). The highest BCUT2D eigenvalue weighted by molar-refractivity contribution is 7.13. The summed E-state index contributed by atoms with van der Waals surface area (Å²) in [6, 6.07) is 8.24. The molecular weight excluding hydrogens is 356 g/mol. The minimum absolute atomic E-state index is 0.0915. The smallest absolute Gasteiger partial charge is 0.226 e. The van der Waals surface area contributed by atoms with E-state index in [4.69, 9.17) is 4.74 Å². The number of nitrogens with one attached hydrogen (secondary N) is 1. The lowest BCUT2D eigenvalue weighted by molar-refractivity contribution is -0.121. The van der Waals surface area contributed by atoms with E-state index in [0.717, 1.165) is 33.9 Å². The highest BCUT2D eigenvalue weighted by Gasteiger charge is 2.42. The number of aromatic nitrogens is 1. The van der Waals surface area contributed by atoms with Crippen LogP contribution < -0.4 is 10.1 Å². The number of hydrogen-bond acceptors (Lipinski definition) is 4. The molecule has 2 bridgehead atoms. The van der Waals surface area contributed by atoms with Gasteiger partial charge < -0.3 is 10.1 Å². The van der Waals surface area contributed by atoms with E-state index in [1.54, 1.807) is 11.3 Å². The molecule has 2 aliphatic carbocycles. The lowest BCUT2D eigenvalue weighted by Gasteiger charge is -2.28. The largest absolute Gasteiger partial charge is 0.494 e. The molecular formula is C22H28N2O2S. The lowest BCUT2D eigenvalue weighted by Crippen LogP contribution is -2.40. The minimum Gasteiger partial charge on any atom is -0.494 e. The Labute approximate surface area is 165 Å². The zero-order valence-electron chi connectivity index (χ0n) is 16.1. The van der Waals surface area contributed by atoms with Crippen LogP contribution in [0, 0.1) is 17.8 Å². The fourth-order valence-electron chi connectivity index (χ4n) is 4.86. The molecule has 144 valence electrons. The van der Waals surface area contributed by atoms with E-state index in [-0.39, 0.29) is 11.9 Å². The molecule has 4 rings (SSSR count). The number of fused-ring (bicyclic) bond motifs is 2. The molecule has 1 N–H and O–H groups in total. The number of rotatable bonds is 7. The Kier molecular flexibility index (Phi) is 5.48. The summed E-state index contributed by atoms with van der Waals surface area (Å²) in [5.74, 6) is 3.37. The van der Waals surface area contributed by atoms with Crippen LogP contribution >= 0.6 is 11.3 Å². The summed E-state index contributed by atoms with van der Waals surface area (Å²) in [7, 11) is 0. The maximum absolute atomic E-state index is 12.5. The molecule has 0 saturated heterocycles. The van der Waals surface area contributed by atoms with Crippen LogP contribution in [0.4, 0.5) is 0 Å². The number of nitrogens with zero attached hydrogens (tertiary/aromatic N) is 1. The summed E-state index contributed by atoms with van der Waals surface area (Å²) in [4.78, 5) is 17.1. The maximum Gasteiger partial charge on any atom is 0.226 e. The number of benzene rings is 1. The number of ether oxygens (including phenoxy) is 1. The van der Waals surface area contributed by atoms with Gasteiger partial charge in [0.05, 0.1) is 18.7 Å². The van der Waals surface area contributed by atoms with Gasteiger partial charge in [0.2, 0.25) is 5.91 Å². The second-order valence-electron chi connectivity index (χ2n) is 7.97. The van der Waals surface area contributed by atoms with Crippen LogP contribution in [0.15, 0.2) is 29.6 Å². The molecule has 27 heavy (non-hydrogen) atoms. The van der Waals surface area contributed by atoms with Crippen molar-refractivity contribution in [3.05, 3.63) is 35.3 Å². The molecule has 1 aromatic carbocycles. The van der Waals surface area contributed by atoms with Crippen LogP contribution in [-0.2, 0) is 11.2 Å². The van der Waals surface area contributed by atoms with Crippen LogP contribution in [0.3, 0.4) is 0 Å². The molecule has 5 heteroatoms. The number of thiazole rings is 1. The third-order valence-electron chi connectivity index (χ3n) is 6.13. The van der Waals surface area contributed by atoms with Crippen molar-refractivity contribution in [1.29, 1.82) is 0 Å². The quantitative estimate of drug-likeness (QED) is 0.753. The Morgan fingerprint density at radius 1 is 1.30 bits per heavy atom. The van der Waals surface area contributed by atoms with Crippen molar-refractivity contribution < 1.29 is 9.53 Å². The number of carbonyl (C=O) groups excluding carboxylic acids is 1. The second kappa shape index (κ2) is 8.01. The van der Waals surface area contributed by atoms with Gasteiger partial charge in [0, 0.05) is 17.0 Å². The van der Waals surface area contributed by atoms with Gasteiger partial charge in [0.1, 0.15) is 10.8 Å². The van der Waals surface area contributed by atoms with E-state index in [1.807, 2.05) is 36.6 Å². The summed E-state index contributed by atoms with van der Waals surface area (Å²) in [6.07, 6.45) is 5.79. The Balaban J connectivity index is 1.32. The Bertz CT molecular complexity index is 786. The highest BCUT2D eigenvalue weighted by atomic mass is 32.1. The van der Waals surface area contributed by atoms with Gasteiger partial charge >= 0.3 is 0 Å². The van der Waals surface area contributed by atoms with Crippen LogP contribution in [-0.4, -0.2) is 23.5 Å². The maximum atomic E-state index is 12.5. The predicted octanol–water partition coefficient (Wildman–Crippen LogP) is 4.69. The topological polar surface area (TPSA) is 51.2 Å². The summed E-state index contributed by atoms with van der Waals surface area (Å²) in [6.45, 7) is 4.82. The van der Waals surface area contributed by atoms with E-state index in [0.29, 0.717) is 18.9 Å². The average Bonchev–Trinajstić information content (AvgIpc) is 3.39. The van der Waals surface area contributed by atoms with Gasteiger partial charge in [-0.15, -0.1) is 11.3 Å². The summed E-state index contributed by atoms with van der Waals surface area (Å²) < 4.78 is 5.48. The van der Waals surface area contributed by atoms with Crippen molar-refractivity contribution in [3.8, 4) is 16.3 Å². The van der Waals surface area contributed by atoms with Crippen molar-refractivity contribution in [3.63, 3.8) is 0 Å². The predicted molar refractivity (Wildman–Crippen MR) is 109 cm³/mol. The number of hydrogen-bond donors (Lipinski definition) is 1. The normalized spacial score (nSPS) is 24.7. The van der Waals surface area contributed by atoms with Crippen LogP contribution in [0.5, 0.6) is 5.75 Å². The van der Waals surface area contributed by atoms with Gasteiger partial charge in [-0.3, -0.25) is 4.79 Å². The lowest BCUT2D eigenvalue weighted by atomic mass is 9.84. The summed E-state index contributed by atoms with van der Waals surface area (Å²) in [5, 5.41) is 6.17. The fourth-order valence-corrected chi connectivity index (χ4v) is 5.69. The van der Waals surface area contributed by atoms with Crippen LogP contribution in [0.1, 0.15) is 45.2 Å². The molecule has 1 amide bonds. The van der Waals surface area contributed by atoms with E-state index in [2.05, 4.69) is 17.2 Å². The molecule has 1 heterocycles. The van der Waals surface area contributed by atoms with Crippen molar-refractivity contribution in [2.75, 3.05) is 6.61 Å². The third kappa shape index (κ3) is 4.18. The first kappa shape index (κ1) is 18.5. The molecule has 4 nitrogen and oxygen atoms in total. The van der Waals surface area contributed by atoms with Crippen molar-refractivity contribution >= 4 is 17.2 Å². The van der Waals surface area contributed by atoms with Crippen LogP contribution in [0.2, 0.25) is 0 Å². The van der Waals surface area contributed by atoms with Gasteiger partial charge in [-0.25, -0.2) is 4.98 Å². The molecule has 0 aliphatic heterocycles. The zero-order valence-corrected chi connectivity index (χ0v) is 16.9. The van der Waals surface area contributed by atoms with E-state index in [1.165, 1.54) is 25.7 Å². The third-order valence-corrected chi connectivity index (χ3v) is 7.07. The molecule has 0 spiro atoms. The van der Waals surface area contributed by atoms with Gasteiger partial charge in [0.25, 0.3) is 0 Å². The fraction of sp³-hybridized carbons (Fsp3) is 0.545. The molecule has 4 atom stereocenters. The molecule has 2 aliphatic rings. The molecule has 0 radical (unpaired) electrons. The van der Waals surface area contributed by atoms with E-state index in [9.17, 15) is 4.79 Å². The first-order chi connectivity index (χ1) is 13.1. The van der Waals surface area contributed by atoms with E-state index >= 15 is 0 Å². The number of amides is 1. The van der Waals surface area contributed by atoms with Crippen molar-refractivity contribution in [2.45, 2.75) is 52.0 Å². The molecule has 2 aromatic rings. The Morgan fingerprint density at radius 3 is 2.78 bits per heavy atom. The zero-order chi connectivity index (χ0) is 18.8. The summed E-state index contributed by atoms with van der Waals surface area (Å²) >= 11 is 1.59. The van der Waals surface area contributed by atoms with Crippen molar-refractivity contribution in [2.24, 2.45) is 17.8 Å². The van der Waals surface area contributed by atoms with Crippen molar-refractivity contribution in [1.82, 2.24) is 10.3 Å². The molecule has 1 aromatic heterocycles. The Morgan fingerprint density at radius 2 is 2.11 bits per heavy atom. The van der Waals surface area contributed by atoms with E-state index < -0.39 is 0 Å². The second-order valence-corrected chi connectivity index (χ2v) is 8.83. The van der Waals surface area contributed by atoms with Gasteiger partial charge in [-0.2, -0.15) is 0 Å². The SMILES string of the molecule is CCOc1ccc(-c2nc(CC(=O)NC(C)C3CC4CCC3C4)cs2)cc1. The van der Waals surface area contributed by atoms with Gasteiger partial charge in [0.15, 0.2) is 0 Å². The summed E-state index contributed by atoms with van der Waals surface area (Å²) in [5.41, 5.74) is 1.91. The molecule has 2 saturated carbocycles. The first-order valence-electron chi connectivity index (χ1n) is 10.1. The average molecular weight is 385 g/mol.